The van der Waals surface area contributed by atoms with Gasteiger partial charge in [0, 0.05) is 18.4 Å². The number of benzene rings is 1. The van der Waals surface area contributed by atoms with E-state index in [-0.39, 0.29) is 24.9 Å². The fraction of sp³-hybridized carbons (Fsp3) is 0.333. The number of aromatic nitrogens is 1. The summed E-state index contributed by atoms with van der Waals surface area (Å²) < 4.78 is 10.3. The molecule has 0 spiro atoms. The molecule has 1 aromatic heterocycles. The Morgan fingerprint density at radius 1 is 1.45 bits per heavy atom. The smallest absolute Gasteiger partial charge is 0.243 e. The summed E-state index contributed by atoms with van der Waals surface area (Å²) in [6.07, 6.45) is 1.59. The number of oxazole rings is 1. The normalized spacial score (nSPS) is 11.6. The first-order valence-corrected chi connectivity index (χ1v) is 6.60. The summed E-state index contributed by atoms with van der Waals surface area (Å²) in [6.45, 7) is 3.98. The van der Waals surface area contributed by atoms with Crippen molar-refractivity contribution in [1.29, 1.82) is 0 Å². The maximum Gasteiger partial charge on any atom is 0.243 e. The lowest BCUT2D eigenvalue weighted by atomic mass is 10.1. The van der Waals surface area contributed by atoms with Crippen molar-refractivity contribution >= 4 is 24.0 Å². The maximum absolute atomic E-state index is 11.9. The molecule has 0 saturated carbocycles. The van der Waals surface area contributed by atoms with Gasteiger partial charge >= 0.3 is 0 Å². The van der Waals surface area contributed by atoms with Crippen molar-refractivity contribution in [3.05, 3.63) is 35.7 Å². The van der Waals surface area contributed by atoms with E-state index in [9.17, 15) is 4.79 Å². The molecule has 6 nitrogen and oxygen atoms in total. The van der Waals surface area contributed by atoms with Gasteiger partial charge < -0.3 is 20.2 Å². The van der Waals surface area contributed by atoms with Crippen molar-refractivity contribution in [3.8, 4) is 11.5 Å². The summed E-state index contributed by atoms with van der Waals surface area (Å²) in [5.74, 6) is 0.234. The highest BCUT2D eigenvalue weighted by Gasteiger charge is 2.15. The van der Waals surface area contributed by atoms with Gasteiger partial charge in [-0.05, 0) is 31.5 Å². The second-order valence-electron chi connectivity index (χ2n) is 4.87. The molecule has 0 bridgehead atoms. The minimum atomic E-state index is -0.705. The number of hydrogen-bond acceptors (Lipinski definition) is 5. The van der Waals surface area contributed by atoms with Gasteiger partial charge in [-0.3, -0.25) is 4.79 Å². The van der Waals surface area contributed by atoms with Crippen LogP contribution in [0.2, 0.25) is 0 Å². The third-order valence-electron chi connectivity index (χ3n) is 3.04. The molecule has 7 heteroatoms. The largest absolute Gasteiger partial charge is 0.444 e. The molecule has 0 aliphatic carbocycles. The van der Waals surface area contributed by atoms with Gasteiger partial charge in [-0.15, -0.1) is 12.4 Å². The number of hydrogen-bond donors (Lipinski definition) is 2. The molecule has 1 amide bonds. The predicted octanol–water partition coefficient (Wildman–Crippen LogP) is 2.29. The van der Waals surface area contributed by atoms with Crippen LogP contribution in [0.15, 0.2) is 28.9 Å². The van der Waals surface area contributed by atoms with Gasteiger partial charge in [0.15, 0.2) is 0 Å². The van der Waals surface area contributed by atoms with Crippen LogP contribution >= 0.6 is 12.4 Å². The minimum absolute atomic E-state index is 0. The molecule has 1 atom stereocenters. The molecular weight excluding hydrogens is 306 g/mol. The second-order valence-corrected chi connectivity index (χ2v) is 4.87. The predicted molar refractivity (Wildman–Crippen MR) is 87.1 cm³/mol. The van der Waals surface area contributed by atoms with E-state index in [1.54, 1.807) is 6.26 Å². The van der Waals surface area contributed by atoms with Gasteiger partial charge in [-0.1, -0.05) is 6.07 Å². The molecule has 22 heavy (non-hydrogen) atoms. The van der Waals surface area contributed by atoms with Crippen molar-refractivity contribution in [2.45, 2.75) is 19.9 Å². The van der Waals surface area contributed by atoms with Crippen LogP contribution in [0.1, 0.15) is 11.3 Å². The molecule has 0 fully saturated rings. The number of rotatable bonds is 5. The van der Waals surface area contributed by atoms with Gasteiger partial charge in [0.25, 0.3) is 0 Å². The number of nitrogens with two attached hydrogens (primary N) is 1. The van der Waals surface area contributed by atoms with E-state index in [1.807, 2.05) is 32.0 Å². The van der Waals surface area contributed by atoms with Crippen LogP contribution in [0.4, 0.5) is 5.69 Å². The molecule has 1 unspecified atom stereocenters. The lowest BCUT2D eigenvalue weighted by Crippen LogP contribution is -2.39. The molecule has 1 heterocycles. The van der Waals surface area contributed by atoms with Crippen molar-refractivity contribution in [1.82, 2.24) is 4.98 Å². The van der Waals surface area contributed by atoms with Gasteiger partial charge in [0.1, 0.15) is 12.3 Å². The Morgan fingerprint density at radius 2 is 2.18 bits per heavy atom. The number of methoxy groups -OCH3 is 1. The fourth-order valence-corrected chi connectivity index (χ4v) is 1.90. The lowest BCUT2D eigenvalue weighted by molar-refractivity contribution is -0.118. The number of nitrogens with zero attached hydrogens (tertiary/aromatic N) is 1. The summed E-state index contributed by atoms with van der Waals surface area (Å²) in [7, 11) is 1.50. The van der Waals surface area contributed by atoms with E-state index in [0.717, 1.165) is 16.8 Å². The Labute approximate surface area is 135 Å². The van der Waals surface area contributed by atoms with Crippen LogP contribution < -0.4 is 11.1 Å². The Hall–Kier alpha value is -1.89. The molecule has 3 N–H and O–H groups in total. The van der Waals surface area contributed by atoms with E-state index in [1.165, 1.54) is 7.11 Å². The zero-order chi connectivity index (χ0) is 15.4. The van der Waals surface area contributed by atoms with Gasteiger partial charge in [0.2, 0.25) is 11.8 Å². The van der Waals surface area contributed by atoms with Crippen LogP contribution in [0, 0.1) is 13.8 Å². The molecule has 120 valence electrons. The Kier molecular flexibility index (Phi) is 6.55. The topological polar surface area (TPSA) is 90.4 Å². The minimum Gasteiger partial charge on any atom is -0.444 e. The SMILES string of the molecule is COCC(N)C(=O)Nc1ccc(C)c(-c2nc(C)co2)c1.Cl. The van der Waals surface area contributed by atoms with Crippen molar-refractivity contribution < 1.29 is 13.9 Å². The lowest BCUT2D eigenvalue weighted by Gasteiger charge is -2.12. The first-order valence-electron chi connectivity index (χ1n) is 6.60. The first-order chi connectivity index (χ1) is 10.0. The Balaban J connectivity index is 0.00000242. The Morgan fingerprint density at radius 3 is 2.77 bits per heavy atom. The standard InChI is InChI=1S/C15H19N3O3.ClH/c1-9-4-5-11(18-14(19)13(16)8-20-3)6-12(9)15-17-10(2)7-21-15;/h4-7,13H,8,16H2,1-3H3,(H,18,19);1H. The Bertz CT molecular complexity index is 643. The van der Waals surface area contributed by atoms with Crippen LogP contribution in [0.3, 0.4) is 0 Å². The van der Waals surface area contributed by atoms with E-state index < -0.39 is 6.04 Å². The highest BCUT2D eigenvalue weighted by atomic mass is 35.5. The van der Waals surface area contributed by atoms with E-state index in [2.05, 4.69) is 10.3 Å². The zero-order valence-electron chi connectivity index (χ0n) is 12.8. The van der Waals surface area contributed by atoms with Crippen LogP contribution in [-0.4, -0.2) is 30.6 Å². The molecule has 0 aliphatic heterocycles. The van der Waals surface area contributed by atoms with Crippen molar-refractivity contribution in [2.75, 3.05) is 19.0 Å². The molecule has 2 rings (SSSR count). The number of carbonyl (C=O) groups is 1. The number of anilines is 1. The first kappa shape index (κ1) is 18.2. The summed E-state index contributed by atoms with van der Waals surface area (Å²) in [6, 6.07) is 4.82. The molecule has 0 aliphatic rings. The summed E-state index contributed by atoms with van der Waals surface area (Å²) in [4.78, 5) is 16.2. The van der Waals surface area contributed by atoms with Crippen LogP contribution in [-0.2, 0) is 9.53 Å². The van der Waals surface area contributed by atoms with Crippen LogP contribution in [0.5, 0.6) is 0 Å². The molecule has 1 aromatic carbocycles. The van der Waals surface area contributed by atoms with Crippen molar-refractivity contribution in [3.63, 3.8) is 0 Å². The van der Waals surface area contributed by atoms with E-state index >= 15 is 0 Å². The number of amides is 1. The molecule has 0 saturated heterocycles. The van der Waals surface area contributed by atoms with Gasteiger partial charge in [-0.25, -0.2) is 4.98 Å². The number of aryl methyl sites for hydroxylation is 2. The molecule has 0 radical (unpaired) electrons. The van der Waals surface area contributed by atoms with Gasteiger partial charge in [0.05, 0.1) is 12.3 Å². The van der Waals surface area contributed by atoms with E-state index in [0.29, 0.717) is 11.6 Å². The van der Waals surface area contributed by atoms with Crippen LogP contribution in [0.25, 0.3) is 11.5 Å². The number of halogens is 1. The molecule has 2 aromatic rings. The monoisotopic (exact) mass is 325 g/mol. The maximum atomic E-state index is 11.9. The quantitative estimate of drug-likeness (QED) is 0.880. The van der Waals surface area contributed by atoms with Crippen molar-refractivity contribution in [2.24, 2.45) is 5.73 Å². The average Bonchev–Trinajstić information content (AvgIpc) is 2.87. The molecular formula is C15H20ClN3O3. The highest BCUT2D eigenvalue weighted by Crippen LogP contribution is 2.26. The fourth-order valence-electron chi connectivity index (χ4n) is 1.90. The third kappa shape index (κ3) is 4.30. The third-order valence-corrected chi connectivity index (χ3v) is 3.04. The summed E-state index contributed by atoms with van der Waals surface area (Å²) in [5, 5.41) is 2.76. The summed E-state index contributed by atoms with van der Waals surface area (Å²) in [5.41, 5.74) is 8.98. The van der Waals surface area contributed by atoms with Gasteiger partial charge in [-0.2, -0.15) is 0 Å². The number of ether oxygens (including phenoxy) is 1. The van der Waals surface area contributed by atoms with E-state index in [4.69, 9.17) is 14.9 Å². The average molecular weight is 326 g/mol. The summed E-state index contributed by atoms with van der Waals surface area (Å²) >= 11 is 0. The highest BCUT2D eigenvalue weighted by molar-refractivity contribution is 5.95. The zero-order valence-corrected chi connectivity index (χ0v) is 13.6. The number of nitrogens with one attached hydrogen (secondary N) is 1. The second kappa shape index (κ2) is 7.93. The number of carbonyl (C=O) groups excluding carboxylic acids is 1.